The van der Waals surface area contributed by atoms with Gasteiger partial charge in [0.2, 0.25) is 0 Å². The number of nitrogens with zero attached hydrogens (tertiary/aromatic N) is 2. The number of aliphatic imine (C=N–C) groups is 2. The zero-order valence-electron chi connectivity index (χ0n) is 9.94. The van der Waals surface area contributed by atoms with Crippen molar-refractivity contribution < 1.29 is 0 Å². The summed E-state index contributed by atoms with van der Waals surface area (Å²) < 4.78 is 0. The van der Waals surface area contributed by atoms with Gasteiger partial charge in [0.05, 0.1) is 11.4 Å². The Bertz CT molecular complexity index is 415. The Labute approximate surface area is 108 Å². The van der Waals surface area contributed by atoms with Gasteiger partial charge in [-0.25, -0.2) is 0 Å². The summed E-state index contributed by atoms with van der Waals surface area (Å²) in [6.07, 6.45) is 0. The number of hydrogen-bond acceptors (Lipinski definition) is 4. The second-order valence-electron chi connectivity index (χ2n) is 3.95. The topological polar surface area (TPSA) is 24.7 Å². The molecule has 86 valence electrons. The van der Waals surface area contributed by atoms with Gasteiger partial charge in [-0.3, -0.25) is 9.98 Å². The van der Waals surface area contributed by atoms with Crippen LogP contribution in [0, 0.1) is 0 Å². The zero-order chi connectivity index (χ0) is 12.3. The van der Waals surface area contributed by atoms with E-state index in [-0.39, 0.29) is 0 Å². The fourth-order valence-electron chi connectivity index (χ4n) is 1.22. The van der Waals surface area contributed by atoms with E-state index in [1.807, 2.05) is 39.8 Å². The maximum absolute atomic E-state index is 4.41. The van der Waals surface area contributed by atoms with Crippen molar-refractivity contribution in [2.45, 2.75) is 37.5 Å². The first-order valence-corrected chi connectivity index (χ1v) is 5.89. The predicted molar refractivity (Wildman–Crippen MR) is 77.8 cm³/mol. The molecule has 0 heterocycles. The van der Waals surface area contributed by atoms with E-state index in [4.69, 9.17) is 0 Å². The predicted octanol–water partition coefficient (Wildman–Crippen LogP) is 4.49. The summed E-state index contributed by atoms with van der Waals surface area (Å²) in [6.45, 7) is 7.82. The molecule has 0 aliphatic carbocycles. The van der Waals surface area contributed by atoms with Crippen molar-refractivity contribution in [3.05, 3.63) is 12.1 Å². The van der Waals surface area contributed by atoms with Gasteiger partial charge in [0.25, 0.3) is 0 Å². The highest BCUT2D eigenvalue weighted by Gasteiger charge is 2.04. The van der Waals surface area contributed by atoms with Crippen molar-refractivity contribution in [1.29, 1.82) is 0 Å². The molecule has 16 heavy (non-hydrogen) atoms. The van der Waals surface area contributed by atoms with Crippen LogP contribution in [0.2, 0.25) is 0 Å². The summed E-state index contributed by atoms with van der Waals surface area (Å²) >= 11 is 8.75. The highest BCUT2D eigenvalue weighted by Crippen LogP contribution is 2.34. The first-order valence-electron chi connectivity index (χ1n) is 5.00. The summed E-state index contributed by atoms with van der Waals surface area (Å²) in [5.41, 5.74) is 3.65. The molecule has 2 nitrogen and oxygen atoms in total. The Kier molecular flexibility index (Phi) is 4.62. The van der Waals surface area contributed by atoms with E-state index in [9.17, 15) is 0 Å². The van der Waals surface area contributed by atoms with Crippen molar-refractivity contribution in [2.75, 3.05) is 0 Å². The average Bonchev–Trinajstić information content (AvgIpc) is 2.11. The van der Waals surface area contributed by atoms with Crippen LogP contribution in [-0.4, -0.2) is 11.4 Å². The molecule has 0 atom stereocenters. The van der Waals surface area contributed by atoms with Gasteiger partial charge in [0.15, 0.2) is 0 Å². The molecule has 0 aliphatic rings. The lowest BCUT2D eigenvalue weighted by Crippen LogP contribution is -1.83. The molecule has 0 amide bonds. The second kappa shape index (κ2) is 5.55. The lowest BCUT2D eigenvalue weighted by atomic mass is 10.2. The van der Waals surface area contributed by atoms with E-state index in [2.05, 4.69) is 35.2 Å². The molecule has 0 bridgehead atoms. The highest BCUT2D eigenvalue weighted by atomic mass is 32.1. The van der Waals surface area contributed by atoms with Gasteiger partial charge < -0.3 is 0 Å². The Hall–Kier alpha value is -0.740. The molecule has 0 radical (unpaired) electrons. The molecule has 0 N–H and O–H groups in total. The van der Waals surface area contributed by atoms with Gasteiger partial charge in [-0.2, -0.15) is 0 Å². The fourth-order valence-corrected chi connectivity index (χ4v) is 1.80. The van der Waals surface area contributed by atoms with E-state index in [1.54, 1.807) is 0 Å². The molecule has 0 unspecified atom stereocenters. The van der Waals surface area contributed by atoms with Crippen LogP contribution < -0.4 is 0 Å². The van der Waals surface area contributed by atoms with Gasteiger partial charge in [0.1, 0.15) is 0 Å². The zero-order valence-corrected chi connectivity index (χ0v) is 11.7. The minimum absolute atomic E-state index is 0.818. The van der Waals surface area contributed by atoms with Crippen molar-refractivity contribution in [3.8, 4) is 0 Å². The minimum Gasteiger partial charge on any atom is -0.257 e. The summed E-state index contributed by atoms with van der Waals surface area (Å²) in [5, 5.41) is 0. The third-order valence-corrected chi connectivity index (χ3v) is 2.48. The summed E-state index contributed by atoms with van der Waals surface area (Å²) in [4.78, 5) is 10.4. The first kappa shape index (κ1) is 13.3. The lowest BCUT2D eigenvalue weighted by Gasteiger charge is -2.05. The number of thiol groups is 2. The molecule has 0 aliphatic heterocycles. The standard InChI is InChI=1S/C12H16N2S2/c1-7(2)13-9-5-10(14-8(3)4)12(16)6-11(9)15/h5-6,15-16H,1-4H3. The smallest absolute Gasteiger partial charge is 0.0784 e. The molecule has 4 heteroatoms. The molecular formula is C12H16N2S2. The maximum Gasteiger partial charge on any atom is 0.0784 e. The van der Waals surface area contributed by atoms with Crippen LogP contribution in [0.3, 0.4) is 0 Å². The normalized spacial score (nSPS) is 9.88. The van der Waals surface area contributed by atoms with E-state index in [1.165, 1.54) is 0 Å². The van der Waals surface area contributed by atoms with Gasteiger partial charge in [-0.1, -0.05) is 0 Å². The minimum atomic E-state index is 0.818. The molecule has 0 aromatic heterocycles. The van der Waals surface area contributed by atoms with Crippen LogP contribution in [0.25, 0.3) is 0 Å². The molecule has 0 saturated carbocycles. The summed E-state index contributed by atoms with van der Waals surface area (Å²) in [6, 6.07) is 3.78. The van der Waals surface area contributed by atoms with Crippen LogP contribution in [0.5, 0.6) is 0 Å². The third kappa shape index (κ3) is 3.68. The van der Waals surface area contributed by atoms with Crippen LogP contribution in [-0.2, 0) is 0 Å². The van der Waals surface area contributed by atoms with E-state index >= 15 is 0 Å². The van der Waals surface area contributed by atoms with Crippen molar-refractivity contribution >= 4 is 48.1 Å². The van der Waals surface area contributed by atoms with Gasteiger partial charge in [0, 0.05) is 21.2 Å². The van der Waals surface area contributed by atoms with Gasteiger partial charge >= 0.3 is 0 Å². The first-order chi connectivity index (χ1) is 7.40. The van der Waals surface area contributed by atoms with Gasteiger partial charge in [-0.05, 0) is 39.8 Å². The summed E-state index contributed by atoms with van der Waals surface area (Å²) in [7, 11) is 0. The van der Waals surface area contributed by atoms with Gasteiger partial charge in [-0.15, -0.1) is 25.3 Å². The summed E-state index contributed by atoms with van der Waals surface area (Å²) in [5.74, 6) is 0. The van der Waals surface area contributed by atoms with Crippen LogP contribution in [0.4, 0.5) is 11.4 Å². The monoisotopic (exact) mass is 252 g/mol. The molecule has 1 aromatic carbocycles. The molecular weight excluding hydrogens is 236 g/mol. The SMILES string of the molecule is CC(C)=Nc1cc(N=C(C)C)c(S)cc1S. The van der Waals surface area contributed by atoms with Crippen LogP contribution >= 0.6 is 25.3 Å². The van der Waals surface area contributed by atoms with E-state index < -0.39 is 0 Å². The van der Waals surface area contributed by atoms with Crippen LogP contribution in [0.1, 0.15) is 27.7 Å². The van der Waals surface area contributed by atoms with Crippen LogP contribution in [0.15, 0.2) is 31.9 Å². The Morgan fingerprint density at radius 3 is 1.50 bits per heavy atom. The number of hydrogen-bond donors (Lipinski definition) is 2. The molecule has 0 spiro atoms. The molecule has 0 fully saturated rings. The molecule has 0 saturated heterocycles. The number of rotatable bonds is 2. The lowest BCUT2D eigenvalue weighted by molar-refractivity contribution is 1.27. The second-order valence-corrected chi connectivity index (χ2v) is 4.91. The Balaban J connectivity index is 3.33. The van der Waals surface area contributed by atoms with E-state index in [0.29, 0.717) is 0 Å². The Morgan fingerprint density at radius 1 is 0.812 bits per heavy atom. The van der Waals surface area contributed by atoms with Crippen molar-refractivity contribution in [2.24, 2.45) is 9.98 Å². The average molecular weight is 252 g/mol. The van der Waals surface area contributed by atoms with E-state index in [0.717, 1.165) is 32.6 Å². The van der Waals surface area contributed by atoms with Crippen molar-refractivity contribution in [3.63, 3.8) is 0 Å². The maximum atomic E-state index is 4.41. The highest BCUT2D eigenvalue weighted by molar-refractivity contribution is 7.81. The molecule has 1 aromatic rings. The number of benzene rings is 1. The molecule has 1 rings (SSSR count). The van der Waals surface area contributed by atoms with Crippen molar-refractivity contribution in [1.82, 2.24) is 0 Å². The quantitative estimate of drug-likeness (QED) is 0.573. The fraction of sp³-hybridized carbons (Fsp3) is 0.333. The third-order valence-electron chi connectivity index (χ3n) is 1.76. The largest absolute Gasteiger partial charge is 0.257 e. The Morgan fingerprint density at radius 2 is 1.19 bits per heavy atom.